The predicted octanol–water partition coefficient (Wildman–Crippen LogP) is 6.63. The average Bonchev–Trinajstić information content (AvgIpc) is 3.37. The number of fused-ring (bicyclic) bond motifs is 1. The Balaban J connectivity index is 1.56. The Labute approximate surface area is 227 Å². The Hall–Kier alpha value is -2.69. The topological polar surface area (TPSA) is 102 Å². The van der Waals surface area contributed by atoms with Gasteiger partial charge in [-0.15, -0.1) is 0 Å². The number of nitrogens with two attached hydrogens (primary N) is 1. The van der Waals surface area contributed by atoms with Gasteiger partial charge >= 0.3 is 0 Å². The molecule has 0 radical (unpaired) electrons. The van der Waals surface area contributed by atoms with Crippen molar-refractivity contribution >= 4 is 71.9 Å². The molecule has 11 heteroatoms. The van der Waals surface area contributed by atoms with Crippen molar-refractivity contribution in [2.45, 2.75) is 25.2 Å². The Bertz CT molecular complexity index is 1680. The summed E-state index contributed by atoms with van der Waals surface area (Å²) in [4.78, 5) is 9.54. The van der Waals surface area contributed by atoms with Gasteiger partial charge in [0.05, 0.1) is 37.2 Å². The molecule has 184 valence electrons. The lowest BCUT2D eigenvalue weighted by atomic mass is 10.1. The first-order chi connectivity index (χ1) is 17.0. The molecule has 2 aromatic carbocycles. The Morgan fingerprint density at radius 3 is 2.64 bits per heavy atom. The maximum Gasteiger partial charge on any atom is 0.238 e. The number of aromatic nitrogens is 2. The van der Waals surface area contributed by atoms with Gasteiger partial charge in [-0.2, -0.15) is 0 Å². The lowest BCUT2D eigenvalue weighted by Crippen LogP contribution is -2.12. The second kappa shape index (κ2) is 9.32. The molecule has 0 saturated heterocycles. The highest BCUT2D eigenvalue weighted by Crippen LogP contribution is 2.42. The van der Waals surface area contributed by atoms with Gasteiger partial charge in [0.1, 0.15) is 5.69 Å². The van der Waals surface area contributed by atoms with E-state index in [1.165, 1.54) is 12.1 Å². The number of nitrogens with one attached hydrogen (secondary N) is 1. The fourth-order valence-corrected chi connectivity index (χ4v) is 5.67. The SMILES string of the molecule is Cc1cc(C2=Nc3c(ncc(Br)c3Nc3cccc(S(N)(=O)=O)c3)C2)c(C)n1-c1cc(Cl)ccc1Cl. The van der Waals surface area contributed by atoms with Crippen LogP contribution in [0.4, 0.5) is 17.1 Å². The number of rotatable bonds is 5. The van der Waals surface area contributed by atoms with Crippen LogP contribution in [0.3, 0.4) is 0 Å². The zero-order valence-corrected chi connectivity index (χ0v) is 23.1. The van der Waals surface area contributed by atoms with Gasteiger partial charge in [0.25, 0.3) is 0 Å². The molecule has 0 fully saturated rings. The third-order valence-electron chi connectivity index (χ3n) is 5.99. The van der Waals surface area contributed by atoms with Crippen molar-refractivity contribution < 1.29 is 8.42 Å². The van der Waals surface area contributed by atoms with Crippen molar-refractivity contribution in [1.82, 2.24) is 9.55 Å². The first-order valence-electron chi connectivity index (χ1n) is 10.8. The maximum atomic E-state index is 11.8. The molecule has 0 spiro atoms. The smallest absolute Gasteiger partial charge is 0.238 e. The van der Waals surface area contributed by atoms with Gasteiger partial charge in [-0.25, -0.2) is 18.5 Å². The highest BCUT2D eigenvalue weighted by molar-refractivity contribution is 9.10. The fraction of sp³-hybridized carbons (Fsp3) is 0.120. The summed E-state index contributed by atoms with van der Waals surface area (Å²) in [5, 5.41) is 9.77. The summed E-state index contributed by atoms with van der Waals surface area (Å²) in [5.41, 5.74) is 7.39. The zero-order chi connectivity index (χ0) is 25.8. The van der Waals surface area contributed by atoms with E-state index in [1.807, 2.05) is 19.9 Å². The van der Waals surface area contributed by atoms with Crippen LogP contribution >= 0.6 is 39.1 Å². The van der Waals surface area contributed by atoms with E-state index in [4.69, 9.17) is 33.3 Å². The van der Waals surface area contributed by atoms with Crippen LogP contribution in [-0.2, 0) is 16.4 Å². The van der Waals surface area contributed by atoms with E-state index in [0.29, 0.717) is 38.0 Å². The van der Waals surface area contributed by atoms with E-state index in [9.17, 15) is 8.42 Å². The van der Waals surface area contributed by atoms with Crippen LogP contribution in [0.15, 0.2) is 69.1 Å². The fourth-order valence-electron chi connectivity index (χ4n) is 4.35. The monoisotopic (exact) mass is 603 g/mol. The number of hydrogen-bond acceptors (Lipinski definition) is 5. The molecule has 0 bridgehead atoms. The number of nitrogens with zero attached hydrogens (tertiary/aromatic N) is 3. The quantitative estimate of drug-likeness (QED) is 0.267. The molecule has 0 unspecified atom stereocenters. The Kier molecular flexibility index (Phi) is 6.46. The summed E-state index contributed by atoms with van der Waals surface area (Å²) < 4.78 is 26.3. The normalized spacial score (nSPS) is 13.0. The molecular weight excluding hydrogens is 585 g/mol. The second-order valence-electron chi connectivity index (χ2n) is 8.43. The van der Waals surface area contributed by atoms with E-state index in [0.717, 1.165) is 34.0 Å². The zero-order valence-electron chi connectivity index (χ0n) is 19.2. The van der Waals surface area contributed by atoms with E-state index in [2.05, 4.69) is 36.9 Å². The average molecular weight is 605 g/mol. The summed E-state index contributed by atoms with van der Waals surface area (Å²) in [6.07, 6.45) is 2.25. The molecule has 0 aliphatic carbocycles. The summed E-state index contributed by atoms with van der Waals surface area (Å²) >= 11 is 16.3. The van der Waals surface area contributed by atoms with Crippen LogP contribution < -0.4 is 10.5 Å². The van der Waals surface area contributed by atoms with E-state index < -0.39 is 10.0 Å². The minimum absolute atomic E-state index is 0.0191. The van der Waals surface area contributed by atoms with Crippen LogP contribution in [0, 0.1) is 13.8 Å². The third-order valence-corrected chi connectivity index (χ3v) is 8.05. The first kappa shape index (κ1) is 25.0. The van der Waals surface area contributed by atoms with Crippen molar-refractivity contribution in [2.75, 3.05) is 5.32 Å². The number of anilines is 2. The van der Waals surface area contributed by atoms with Crippen LogP contribution in [-0.4, -0.2) is 23.7 Å². The number of aryl methyl sites for hydroxylation is 1. The van der Waals surface area contributed by atoms with E-state index >= 15 is 0 Å². The maximum absolute atomic E-state index is 11.8. The second-order valence-corrected chi connectivity index (χ2v) is 11.7. The van der Waals surface area contributed by atoms with E-state index in [1.54, 1.807) is 30.5 Å². The summed E-state index contributed by atoms with van der Waals surface area (Å²) in [7, 11) is -3.83. The number of aliphatic imine (C=N–C) groups is 1. The minimum atomic E-state index is -3.83. The van der Waals surface area contributed by atoms with Gasteiger partial charge in [0.15, 0.2) is 0 Å². The summed E-state index contributed by atoms with van der Waals surface area (Å²) in [6, 6.07) is 13.8. The molecule has 3 N–H and O–H groups in total. The molecule has 3 heterocycles. The minimum Gasteiger partial charge on any atom is -0.353 e. The molecule has 1 aliphatic heterocycles. The number of halogens is 3. The van der Waals surface area contributed by atoms with Crippen LogP contribution in [0.5, 0.6) is 0 Å². The predicted molar refractivity (Wildman–Crippen MR) is 148 cm³/mol. The molecule has 0 atom stereocenters. The van der Waals surface area contributed by atoms with Crippen LogP contribution in [0.2, 0.25) is 10.0 Å². The number of benzene rings is 2. The van der Waals surface area contributed by atoms with Crippen molar-refractivity contribution in [3.8, 4) is 5.69 Å². The number of sulfonamides is 1. The van der Waals surface area contributed by atoms with Crippen molar-refractivity contribution in [3.63, 3.8) is 0 Å². The van der Waals surface area contributed by atoms with Crippen LogP contribution in [0.1, 0.15) is 22.6 Å². The van der Waals surface area contributed by atoms with Gasteiger partial charge in [-0.3, -0.25) is 4.98 Å². The number of pyridine rings is 1. The summed E-state index contributed by atoms with van der Waals surface area (Å²) in [6.45, 7) is 4.03. The highest BCUT2D eigenvalue weighted by Gasteiger charge is 2.26. The molecule has 36 heavy (non-hydrogen) atoms. The van der Waals surface area contributed by atoms with Gasteiger partial charge in [-0.1, -0.05) is 29.3 Å². The summed E-state index contributed by atoms with van der Waals surface area (Å²) in [5.74, 6) is 0. The van der Waals surface area contributed by atoms with E-state index in [-0.39, 0.29) is 4.90 Å². The van der Waals surface area contributed by atoms with Crippen molar-refractivity contribution in [2.24, 2.45) is 10.1 Å². The van der Waals surface area contributed by atoms with Gasteiger partial charge in [-0.05, 0) is 72.2 Å². The highest BCUT2D eigenvalue weighted by atomic mass is 79.9. The van der Waals surface area contributed by atoms with Gasteiger partial charge in [0.2, 0.25) is 10.0 Å². The van der Waals surface area contributed by atoms with Crippen LogP contribution in [0.25, 0.3) is 5.69 Å². The van der Waals surface area contributed by atoms with Crippen molar-refractivity contribution in [1.29, 1.82) is 0 Å². The Morgan fingerprint density at radius 2 is 1.89 bits per heavy atom. The standard InChI is InChI=1S/C25H20BrCl2N5O2S/c1-13-8-18(14(2)33(13)23-9-15(27)6-7-20(23)28)21-11-22-25(32-21)24(19(26)12-30-22)31-16-4-3-5-17(10-16)36(29,34)35/h3-10,12H,11H2,1-2H3,(H,30,31)(H2,29,34,35). The molecule has 5 rings (SSSR count). The lowest BCUT2D eigenvalue weighted by molar-refractivity contribution is 0.598. The third kappa shape index (κ3) is 4.57. The Morgan fingerprint density at radius 1 is 1.11 bits per heavy atom. The molecular formula is C25H20BrCl2N5O2S. The molecule has 4 aromatic rings. The van der Waals surface area contributed by atoms with Gasteiger partial charge in [0, 0.05) is 40.3 Å². The van der Waals surface area contributed by atoms with Crippen molar-refractivity contribution in [3.05, 3.63) is 91.9 Å². The number of primary sulfonamides is 1. The molecule has 0 amide bonds. The first-order valence-corrected chi connectivity index (χ1v) is 13.9. The number of hydrogen-bond donors (Lipinski definition) is 2. The molecule has 1 aliphatic rings. The molecule has 2 aromatic heterocycles. The molecule has 0 saturated carbocycles. The largest absolute Gasteiger partial charge is 0.353 e. The van der Waals surface area contributed by atoms with Gasteiger partial charge < -0.3 is 9.88 Å². The molecule has 7 nitrogen and oxygen atoms in total. The lowest BCUT2D eigenvalue weighted by Gasteiger charge is -2.12.